The Morgan fingerprint density at radius 2 is 2.18 bits per heavy atom. The Balaban J connectivity index is 1.75. The predicted octanol–water partition coefficient (Wildman–Crippen LogP) is 0.833. The molecule has 1 saturated carbocycles. The van der Waals surface area contributed by atoms with Crippen LogP contribution in [0.2, 0.25) is 0 Å². The minimum Gasteiger partial charge on any atom is -0.378 e. The highest BCUT2D eigenvalue weighted by Crippen LogP contribution is 2.25. The third-order valence-electron chi connectivity index (χ3n) is 4.10. The van der Waals surface area contributed by atoms with Crippen LogP contribution in [0.4, 0.5) is 11.5 Å². The summed E-state index contributed by atoms with van der Waals surface area (Å²) in [5.74, 6) is 0.606. The minimum absolute atomic E-state index is 0.0351. The summed E-state index contributed by atoms with van der Waals surface area (Å²) in [5, 5.41) is 11.1. The Hall–Kier alpha value is -1.77. The maximum atomic E-state index is 11.1. The number of nitrogens with zero attached hydrogens (tertiary/aromatic N) is 3. The van der Waals surface area contributed by atoms with Gasteiger partial charge in [0.15, 0.2) is 0 Å². The van der Waals surface area contributed by atoms with Gasteiger partial charge in [0.25, 0.3) is 5.69 Å². The third-order valence-corrected chi connectivity index (χ3v) is 4.10. The maximum Gasteiger partial charge on any atom is 0.275 e. The zero-order chi connectivity index (χ0) is 15.5. The van der Waals surface area contributed by atoms with E-state index in [9.17, 15) is 10.1 Å². The normalized spacial score (nSPS) is 24.9. The van der Waals surface area contributed by atoms with Gasteiger partial charge in [0.2, 0.25) is 0 Å². The van der Waals surface area contributed by atoms with Crippen LogP contribution >= 0.6 is 0 Å². The molecule has 0 amide bonds. The molecule has 2 atom stereocenters. The Bertz CT molecular complexity index is 548. The second-order valence-electron chi connectivity index (χ2n) is 5.62. The molecule has 1 aliphatic carbocycles. The van der Waals surface area contributed by atoms with Gasteiger partial charge >= 0.3 is 0 Å². The summed E-state index contributed by atoms with van der Waals surface area (Å²) in [6.45, 7) is 2.82. The van der Waals surface area contributed by atoms with Crippen LogP contribution in [0.1, 0.15) is 18.5 Å². The molecule has 1 aliphatic heterocycles. The zero-order valence-electron chi connectivity index (χ0n) is 12.3. The van der Waals surface area contributed by atoms with Gasteiger partial charge in [0.1, 0.15) is 5.82 Å². The molecule has 120 valence electrons. The van der Waals surface area contributed by atoms with Crippen LogP contribution in [0.15, 0.2) is 12.1 Å². The van der Waals surface area contributed by atoms with Crippen LogP contribution < -0.4 is 10.6 Å². The molecule has 2 aliphatic rings. The number of rotatable bonds is 5. The van der Waals surface area contributed by atoms with Gasteiger partial charge in [-0.25, -0.2) is 4.98 Å². The van der Waals surface area contributed by atoms with E-state index in [2.05, 4.69) is 4.98 Å². The maximum absolute atomic E-state index is 11.1. The lowest BCUT2D eigenvalue weighted by Gasteiger charge is -2.33. The molecule has 1 aromatic heterocycles. The largest absolute Gasteiger partial charge is 0.378 e. The van der Waals surface area contributed by atoms with Gasteiger partial charge in [0, 0.05) is 25.2 Å². The second-order valence-corrected chi connectivity index (χ2v) is 5.62. The van der Waals surface area contributed by atoms with Crippen molar-refractivity contribution >= 4 is 11.5 Å². The Labute approximate surface area is 128 Å². The van der Waals surface area contributed by atoms with Crippen molar-refractivity contribution in [3.63, 3.8) is 0 Å². The fourth-order valence-electron chi connectivity index (χ4n) is 2.58. The Kier molecular flexibility index (Phi) is 4.51. The Morgan fingerprint density at radius 1 is 1.41 bits per heavy atom. The fourth-order valence-corrected chi connectivity index (χ4v) is 2.58. The molecule has 2 fully saturated rings. The molecule has 0 radical (unpaired) electrons. The Morgan fingerprint density at radius 3 is 2.77 bits per heavy atom. The number of hydrogen-bond donors (Lipinski definition) is 1. The molecule has 22 heavy (non-hydrogen) atoms. The van der Waals surface area contributed by atoms with E-state index in [0.29, 0.717) is 37.8 Å². The van der Waals surface area contributed by atoms with Gasteiger partial charge in [-0.05, 0) is 12.8 Å². The number of morpholine rings is 1. The molecular weight excluding hydrogens is 288 g/mol. The van der Waals surface area contributed by atoms with Crippen LogP contribution in [-0.4, -0.2) is 48.4 Å². The van der Waals surface area contributed by atoms with Gasteiger partial charge in [-0.1, -0.05) is 0 Å². The summed E-state index contributed by atoms with van der Waals surface area (Å²) in [4.78, 5) is 17.2. The second kappa shape index (κ2) is 6.55. The smallest absolute Gasteiger partial charge is 0.275 e. The van der Waals surface area contributed by atoms with Gasteiger partial charge in [-0.2, -0.15) is 0 Å². The molecule has 1 unspecified atom stereocenters. The summed E-state index contributed by atoms with van der Waals surface area (Å²) in [6.07, 6.45) is 1.94. The lowest BCUT2D eigenvalue weighted by atomic mass is 9.90. The van der Waals surface area contributed by atoms with Crippen LogP contribution in [0.25, 0.3) is 0 Å². The summed E-state index contributed by atoms with van der Waals surface area (Å²) in [5.41, 5.74) is 6.44. The van der Waals surface area contributed by atoms with E-state index in [-0.39, 0.29) is 24.4 Å². The van der Waals surface area contributed by atoms with E-state index in [1.165, 1.54) is 12.1 Å². The number of ether oxygens (including phenoxy) is 2. The molecule has 8 nitrogen and oxygen atoms in total. The van der Waals surface area contributed by atoms with Crippen molar-refractivity contribution in [1.82, 2.24) is 4.98 Å². The van der Waals surface area contributed by atoms with Gasteiger partial charge in [0.05, 0.1) is 42.6 Å². The number of pyridine rings is 1. The first kappa shape index (κ1) is 15.1. The average Bonchev–Trinajstić information content (AvgIpc) is 2.54. The van der Waals surface area contributed by atoms with Crippen LogP contribution in [0, 0.1) is 10.1 Å². The molecule has 1 saturated heterocycles. The van der Waals surface area contributed by atoms with Gasteiger partial charge in [-0.3, -0.25) is 10.1 Å². The molecule has 3 rings (SSSR count). The topological polar surface area (TPSA) is 104 Å². The predicted molar refractivity (Wildman–Crippen MR) is 79.7 cm³/mol. The van der Waals surface area contributed by atoms with Crippen molar-refractivity contribution in [3.8, 4) is 0 Å². The summed E-state index contributed by atoms with van der Waals surface area (Å²) < 4.78 is 11.0. The van der Waals surface area contributed by atoms with E-state index in [1.807, 2.05) is 4.90 Å². The molecule has 8 heteroatoms. The highest BCUT2D eigenvalue weighted by Gasteiger charge is 2.28. The highest BCUT2D eigenvalue weighted by molar-refractivity contribution is 5.48. The van der Waals surface area contributed by atoms with Crippen molar-refractivity contribution in [2.24, 2.45) is 5.73 Å². The number of anilines is 1. The van der Waals surface area contributed by atoms with E-state index in [1.54, 1.807) is 0 Å². The SMILES string of the molecule is N[C@@H]1CCC1OCc1cc([N+](=O)[O-])cc(N2CCOCC2)n1. The van der Waals surface area contributed by atoms with Crippen molar-refractivity contribution in [2.45, 2.75) is 31.6 Å². The zero-order valence-corrected chi connectivity index (χ0v) is 12.3. The van der Waals surface area contributed by atoms with Crippen molar-refractivity contribution in [1.29, 1.82) is 0 Å². The number of hydrogen-bond acceptors (Lipinski definition) is 7. The van der Waals surface area contributed by atoms with Crippen LogP contribution in [0.5, 0.6) is 0 Å². The number of aromatic nitrogens is 1. The van der Waals surface area contributed by atoms with Gasteiger partial charge in [-0.15, -0.1) is 0 Å². The van der Waals surface area contributed by atoms with Crippen molar-refractivity contribution in [3.05, 3.63) is 27.9 Å². The van der Waals surface area contributed by atoms with E-state index in [0.717, 1.165) is 12.8 Å². The summed E-state index contributed by atoms with van der Waals surface area (Å²) in [7, 11) is 0. The molecule has 0 spiro atoms. The summed E-state index contributed by atoms with van der Waals surface area (Å²) in [6, 6.07) is 3.04. The van der Waals surface area contributed by atoms with E-state index in [4.69, 9.17) is 15.2 Å². The molecule has 1 aromatic rings. The highest BCUT2D eigenvalue weighted by atomic mass is 16.6. The van der Waals surface area contributed by atoms with Crippen molar-refractivity contribution in [2.75, 3.05) is 31.2 Å². The molecule has 0 bridgehead atoms. The number of nitrogens with two attached hydrogens (primary N) is 1. The fraction of sp³-hybridized carbons (Fsp3) is 0.643. The van der Waals surface area contributed by atoms with Crippen LogP contribution in [0.3, 0.4) is 0 Å². The molecular formula is C14H20N4O4. The first-order valence-corrected chi connectivity index (χ1v) is 7.49. The van der Waals surface area contributed by atoms with Crippen LogP contribution in [-0.2, 0) is 16.1 Å². The van der Waals surface area contributed by atoms with Crippen molar-refractivity contribution < 1.29 is 14.4 Å². The molecule has 2 heterocycles. The monoisotopic (exact) mass is 308 g/mol. The quantitative estimate of drug-likeness (QED) is 0.634. The lowest BCUT2D eigenvalue weighted by Crippen LogP contribution is -2.45. The first-order valence-electron chi connectivity index (χ1n) is 7.49. The standard InChI is InChI=1S/C14H20N4O4/c15-12-1-2-13(12)22-9-10-7-11(18(19)20)8-14(16-10)17-3-5-21-6-4-17/h7-8,12-13H,1-6,9,15H2/t12-,13?/m1/s1. The van der Waals surface area contributed by atoms with Gasteiger partial charge < -0.3 is 20.1 Å². The molecule has 2 N–H and O–H groups in total. The van der Waals surface area contributed by atoms with E-state index < -0.39 is 4.92 Å². The number of nitro groups is 1. The third kappa shape index (κ3) is 3.34. The first-order chi connectivity index (χ1) is 10.6. The molecule has 0 aromatic carbocycles. The summed E-state index contributed by atoms with van der Waals surface area (Å²) >= 11 is 0. The van der Waals surface area contributed by atoms with E-state index >= 15 is 0 Å². The lowest BCUT2D eigenvalue weighted by molar-refractivity contribution is -0.385. The average molecular weight is 308 g/mol. The minimum atomic E-state index is -0.399.